The Morgan fingerprint density at radius 2 is 2.05 bits per heavy atom. The lowest BCUT2D eigenvalue weighted by atomic mass is 10.0. The van der Waals surface area contributed by atoms with Gasteiger partial charge in [0, 0.05) is 5.25 Å². The molecule has 1 unspecified atom stereocenters. The van der Waals surface area contributed by atoms with Gasteiger partial charge in [-0.15, -0.1) is 11.8 Å². The van der Waals surface area contributed by atoms with E-state index in [1.54, 1.807) is 30.0 Å². The molecule has 1 amide bonds. The standard InChI is InChI=1S/C16H20N2OS/c1-12(20-14-8-3-2-4-9-14)16(19)18-15-10-6-5-7-13(15)11-17/h5-7,10,12,14H,2-4,8-9H2,1H3,(H,18,19). The number of rotatable bonds is 4. The van der Waals surface area contributed by atoms with Crippen LogP contribution in [0.4, 0.5) is 5.69 Å². The predicted octanol–water partition coefficient (Wildman–Crippen LogP) is 3.95. The summed E-state index contributed by atoms with van der Waals surface area (Å²) in [6.45, 7) is 1.95. The number of benzene rings is 1. The zero-order valence-electron chi connectivity index (χ0n) is 11.8. The fourth-order valence-corrected chi connectivity index (χ4v) is 3.84. The van der Waals surface area contributed by atoms with Crippen molar-refractivity contribution in [3.05, 3.63) is 29.8 Å². The number of carbonyl (C=O) groups excluding carboxylic acids is 1. The minimum Gasteiger partial charge on any atom is -0.324 e. The fourth-order valence-electron chi connectivity index (χ4n) is 2.48. The Labute approximate surface area is 124 Å². The minimum absolute atomic E-state index is 0.0109. The van der Waals surface area contributed by atoms with Crippen molar-refractivity contribution in [2.75, 3.05) is 5.32 Å². The van der Waals surface area contributed by atoms with Crippen LogP contribution in [0, 0.1) is 11.3 Å². The number of nitrogens with one attached hydrogen (secondary N) is 1. The first-order valence-corrected chi connectivity index (χ1v) is 8.10. The Morgan fingerprint density at radius 1 is 1.35 bits per heavy atom. The molecule has 0 heterocycles. The van der Waals surface area contributed by atoms with Crippen molar-refractivity contribution in [3.63, 3.8) is 0 Å². The van der Waals surface area contributed by atoms with Gasteiger partial charge in [0.05, 0.1) is 16.5 Å². The molecule has 0 bridgehead atoms. The number of thioether (sulfide) groups is 1. The molecule has 1 atom stereocenters. The van der Waals surface area contributed by atoms with E-state index in [0.29, 0.717) is 16.5 Å². The van der Waals surface area contributed by atoms with Gasteiger partial charge in [-0.05, 0) is 31.9 Å². The first-order valence-electron chi connectivity index (χ1n) is 7.16. The van der Waals surface area contributed by atoms with Crippen molar-refractivity contribution in [1.82, 2.24) is 0 Å². The molecule has 0 spiro atoms. The summed E-state index contributed by atoms with van der Waals surface area (Å²) in [6, 6.07) is 9.22. The maximum absolute atomic E-state index is 12.2. The lowest BCUT2D eigenvalue weighted by molar-refractivity contribution is -0.115. The quantitative estimate of drug-likeness (QED) is 0.912. The average molecular weight is 288 g/mol. The number of nitriles is 1. The van der Waals surface area contributed by atoms with Gasteiger partial charge in [0.1, 0.15) is 6.07 Å². The molecule has 0 saturated heterocycles. The molecule has 0 aliphatic heterocycles. The van der Waals surface area contributed by atoms with Crippen molar-refractivity contribution in [3.8, 4) is 6.07 Å². The predicted molar refractivity (Wildman–Crippen MR) is 83.7 cm³/mol. The lowest BCUT2D eigenvalue weighted by Gasteiger charge is -2.24. The number of amides is 1. The van der Waals surface area contributed by atoms with Crippen molar-refractivity contribution < 1.29 is 4.79 Å². The second-order valence-electron chi connectivity index (χ2n) is 5.18. The molecule has 20 heavy (non-hydrogen) atoms. The second kappa shape index (κ2) is 7.35. The zero-order chi connectivity index (χ0) is 14.4. The molecule has 4 heteroatoms. The summed E-state index contributed by atoms with van der Waals surface area (Å²) in [6.07, 6.45) is 6.33. The first kappa shape index (κ1) is 14.9. The molecule has 1 aliphatic carbocycles. The van der Waals surface area contributed by atoms with Crippen molar-refractivity contribution in [2.24, 2.45) is 0 Å². The fraction of sp³-hybridized carbons (Fsp3) is 0.500. The van der Waals surface area contributed by atoms with Crippen molar-refractivity contribution in [1.29, 1.82) is 5.26 Å². The highest BCUT2D eigenvalue weighted by molar-refractivity contribution is 8.01. The van der Waals surface area contributed by atoms with E-state index in [1.807, 2.05) is 13.0 Å². The van der Waals surface area contributed by atoms with E-state index < -0.39 is 0 Å². The average Bonchev–Trinajstić information content (AvgIpc) is 2.48. The molecular formula is C16H20N2OS. The second-order valence-corrected chi connectivity index (χ2v) is 6.83. The van der Waals surface area contributed by atoms with Gasteiger partial charge in [-0.2, -0.15) is 5.26 Å². The molecule has 2 rings (SSSR count). The zero-order valence-corrected chi connectivity index (χ0v) is 12.6. The molecule has 1 aliphatic rings. The molecule has 1 aromatic rings. The van der Waals surface area contributed by atoms with Gasteiger partial charge in [-0.3, -0.25) is 4.79 Å². The van der Waals surface area contributed by atoms with Crippen LogP contribution >= 0.6 is 11.8 Å². The largest absolute Gasteiger partial charge is 0.324 e. The van der Waals surface area contributed by atoms with E-state index in [1.165, 1.54) is 32.1 Å². The van der Waals surface area contributed by atoms with E-state index >= 15 is 0 Å². The summed E-state index contributed by atoms with van der Waals surface area (Å²) >= 11 is 1.77. The topological polar surface area (TPSA) is 52.9 Å². The third kappa shape index (κ3) is 4.01. The number of para-hydroxylation sites is 1. The molecule has 1 fully saturated rings. The molecular weight excluding hydrogens is 268 g/mol. The maximum atomic E-state index is 12.2. The summed E-state index contributed by atoms with van der Waals surface area (Å²) in [7, 11) is 0. The van der Waals surface area contributed by atoms with Crippen LogP contribution in [0.3, 0.4) is 0 Å². The van der Waals surface area contributed by atoms with Gasteiger partial charge in [0.15, 0.2) is 0 Å². The van der Waals surface area contributed by atoms with E-state index in [0.717, 1.165) is 0 Å². The van der Waals surface area contributed by atoms with Crippen molar-refractivity contribution in [2.45, 2.75) is 49.5 Å². The van der Waals surface area contributed by atoms with Gasteiger partial charge >= 0.3 is 0 Å². The van der Waals surface area contributed by atoms with Crippen LogP contribution in [-0.2, 0) is 4.79 Å². The van der Waals surface area contributed by atoms with E-state index in [-0.39, 0.29) is 11.2 Å². The van der Waals surface area contributed by atoms with Crippen LogP contribution in [0.2, 0.25) is 0 Å². The van der Waals surface area contributed by atoms with Crippen molar-refractivity contribution >= 4 is 23.4 Å². The summed E-state index contributed by atoms with van der Waals surface area (Å²) in [5.41, 5.74) is 1.12. The number of carbonyl (C=O) groups is 1. The molecule has 0 aromatic heterocycles. The van der Waals surface area contributed by atoms with Gasteiger partial charge in [0.25, 0.3) is 0 Å². The van der Waals surface area contributed by atoms with E-state index in [4.69, 9.17) is 5.26 Å². The van der Waals surface area contributed by atoms with Gasteiger partial charge in [0.2, 0.25) is 5.91 Å². The monoisotopic (exact) mass is 288 g/mol. The Bertz CT molecular complexity index is 503. The van der Waals surface area contributed by atoms with Crippen LogP contribution in [-0.4, -0.2) is 16.4 Å². The number of nitrogens with zero attached hydrogens (tertiary/aromatic N) is 1. The molecule has 1 N–H and O–H groups in total. The summed E-state index contributed by atoms with van der Waals surface area (Å²) in [5, 5.41) is 12.4. The van der Waals surface area contributed by atoms with Gasteiger partial charge in [-0.1, -0.05) is 31.4 Å². The summed E-state index contributed by atoms with van der Waals surface area (Å²) in [5.74, 6) is -0.0109. The van der Waals surface area contributed by atoms with Crippen LogP contribution in [0.5, 0.6) is 0 Å². The highest BCUT2D eigenvalue weighted by Gasteiger charge is 2.21. The molecule has 106 valence electrons. The highest BCUT2D eigenvalue weighted by Crippen LogP contribution is 2.31. The van der Waals surface area contributed by atoms with Crippen LogP contribution < -0.4 is 5.32 Å². The lowest BCUT2D eigenvalue weighted by Crippen LogP contribution is -2.25. The first-order chi connectivity index (χ1) is 9.70. The van der Waals surface area contributed by atoms with Crippen LogP contribution in [0.1, 0.15) is 44.6 Å². The number of anilines is 1. The number of hydrogen-bond acceptors (Lipinski definition) is 3. The third-order valence-corrected chi connectivity index (χ3v) is 5.10. The summed E-state index contributed by atoms with van der Waals surface area (Å²) < 4.78 is 0. The highest BCUT2D eigenvalue weighted by atomic mass is 32.2. The molecule has 0 radical (unpaired) electrons. The molecule has 1 aromatic carbocycles. The maximum Gasteiger partial charge on any atom is 0.237 e. The van der Waals surface area contributed by atoms with Gasteiger partial charge < -0.3 is 5.32 Å². The molecule has 3 nitrogen and oxygen atoms in total. The SMILES string of the molecule is CC(SC1CCCCC1)C(=O)Nc1ccccc1C#N. The minimum atomic E-state index is -0.0788. The van der Waals surface area contributed by atoms with Crippen LogP contribution in [0.25, 0.3) is 0 Å². The Hall–Kier alpha value is -1.47. The smallest absolute Gasteiger partial charge is 0.237 e. The Balaban J connectivity index is 1.92. The third-order valence-electron chi connectivity index (χ3n) is 3.62. The number of hydrogen-bond donors (Lipinski definition) is 1. The summed E-state index contributed by atoms with van der Waals surface area (Å²) in [4.78, 5) is 12.2. The normalized spacial score (nSPS) is 17.2. The Morgan fingerprint density at radius 3 is 2.75 bits per heavy atom. The Kier molecular flexibility index (Phi) is 5.49. The van der Waals surface area contributed by atoms with Crippen LogP contribution in [0.15, 0.2) is 24.3 Å². The van der Waals surface area contributed by atoms with E-state index in [9.17, 15) is 4.79 Å². The molecule has 1 saturated carbocycles. The van der Waals surface area contributed by atoms with E-state index in [2.05, 4.69) is 11.4 Å². The van der Waals surface area contributed by atoms with Gasteiger partial charge in [-0.25, -0.2) is 0 Å².